The van der Waals surface area contributed by atoms with Gasteiger partial charge in [0.25, 0.3) is 0 Å². The number of hydrogen-bond acceptors (Lipinski definition) is 6. The van der Waals surface area contributed by atoms with Crippen LogP contribution in [0.15, 0.2) is 62.9 Å². The Morgan fingerprint density at radius 3 is 2.69 bits per heavy atom. The molecule has 0 spiro atoms. The monoisotopic (exact) mass is 432 g/mol. The number of hydrogen-bond donors (Lipinski definition) is 1. The zero-order valence-electron chi connectivity index (χ0n) is 15.9. The maximum atomic E-state index is 13.2. The molecule has 8 heteroatoms. The van der Waals surface area contributed by atoms with Crippen LogP contribution in [0.4, 0.5) is 5.88 Å². The molecule has 152 valence electrons. The Morgan fingerprint density at radius 2 is 2.00 bits per heavy atom. The summed E-state index contributed by atoms with van der Waals surface area (Å²) in [5, 5.41) is 3.40. The summed E-state index contributed by atoms with van der Waals surface area (Å²) in [5.41, 5.74) is 1.74. The Kier molecular flexibility index (Phi) is 5.63. The Labute approximate surface area is 174 Å². The average molecular weight is 433 g/mol. The maximum Gasteiger partial charge on any atom is 0.233 e. The fourth-order valence-electron chi connectivity index (χ4n) is 3.24. The van der Waals surface area contributed by atoms with Crippen LogP contribution in [0, 0.1) is 6.92 Å². The van der Waals surface area contributed by atoms with Crippen LogP contribution in [-0.4, -0.2) is 32.7 Å². The summed E-state index contributed by atoms with van der Waals surface area (Å²) in [6.45, 7) is 3.12. The van der Waals surface area contributed by atoms with Crippen LogP contribution < -0.4 is 5.32 Å². The van der Waals surface area contributed by atoms with Gasteiger partial charge in [-0.3, -0.25) is 0 Å². The highest BCUT2D eigenvalue weighted by Gasteiger charge is 2.29. The molecule has 0 unspecified atom stereocenters. The number of ether oxygens (including phenoxy) is 1. The third kappa shape index (κ3) is 4.32. The van der Waals surface area contributed by atoms with Gasteiger partial charge in [0.1, 0.15) is 0 Å². The van der Waals surface area contributed by atoms with Crippen LogP contribution in [0.2, 0.25) is 5.02 Å². The highest BCUT2D eigenvalue weighted by atomic mass is 35.5. The molecule has 1 aliphatic rings. The number of sulfone groups is 1. The van der Waals surface area contributed by atoms with Crippen LogP contribution >= 0.6 is 11.6 Å². The molecular weight excluding hydrogens is 412 g/mol. The minimum Gasteiger partial charge on any atom is -0.419 e. The van der Waals surface area contributed by atoms with Crippen LogP contribution in [0.25, 0.3) is 11.5 Å². The van der Waals surface area contributed by atoms with Gasteiger partial charge in [-0.15, -0.1) is 0 Å². The third-order valence-electron chi connectivity index (χ3n) is 4.75. The lowest BCUT2D eigenvalue weighted by Gasteiger charge is -2.10. The number of oxazole rings is 1. The molecule has 0 radical (unpaired) electrons. The van der Waals surface area contributed by atoms with E-state index in [1.165, 1.54) is 24.3 Å². The van der Waals surface area contributed by atoms with Gasteiger partial charge in [-0.2, -0.15) is 4.98 Å². The van der Waals surface area contributed by atoms with E-state index in [1.54, 1.807) is 0 Å². The number of rotatable bonds is 6. The minimum absolute atomic E-state index is 0.0219. The average Bonchev–Trinajstić information content (AvgIpc) is 3.37. The second kappa shape index (κ2) is 8.18. The quantitative estimate of drug-likeness (QED) is 0.606. The van der Waals surface area contributed by atoms with E-state index in [4.69, 9.17) is 20.8 Å². The van der Waals surface area contributed by atoms with Crippen LogP contribution in [0.1, 0.15) is 18.4 Å². The lowest BCUT2D eigenvalue weighted by Crippen LogP contribution is -2.19. The second-order valence-corrected chi connectivity index (χ2v) is 9.30. The van der Waals surface area contributed by atoms with Gasteiger partial charge in [0, 0.05) is 23.7 Å². The van der Waals surface area contributed by atoms with Crippen molar-refractivity contribution in [3.63, 3.8) is 0 Å². The predicted octanol–water partition coefficient (Wildman–Crippen LogP) is 4.73. The van der Waals surface area contributed by atoms with E-state index in [1.807, 2.05) is 31.2 Å². The van der Waals surface area contributed by atoms with Gasteiger partial charge < -0.3 is 14.5 Å². The highest BCUT2D eigenvalue weighted by Crippen LogP contribution is 2.33. The van der Waals surface area contributed by atoms with Crippen molar-refractivity contribution in [2.75, 3.05) is 18.5 Å². The van der Waals surface area contributed by atoms with Crippen molar-refractivity contribution >= 4 is 27.3 Å². The van der Waals surface area contributed by atoms with Gasteiger partial charge in [0.15, 0.2) is 0 Å². The Bertz CT molecular complexity index is 1100. The van der Waals surface area contributed by atoms with E-state index in [2.05, 4.69) is 10.3 Å². The summed E-state index contributed by atoms with van der Waals surface area (Å²) in [5.74, 6) is 0.364. The number of aryl methyl sites for hydroxylation is 1. The molecule has 1 aliphatic heterocycles. The molecule has 3 aromatic rings. The molecule has 2 aromatic carbocycles. The highest BCUT2D eigenvalue weighted by molar-refractivity contribution is 7.91. The first-order chi connectivity index (χ1) is 13.9. The van der Waals surface area contributed by atoms with Gasteiger partial charge in [-0.05, 0) is 56.2 Å². The number of nitrogens with zero attached hydrogens (tertiary/aromatic N) is 1. The number of benzene rings is 2. The van der Waals surface area contributed by atoms with Gasteiger partial charge in [-0.25, -0.2) is 8.42 Å². The molecular formula is C21H21ClN2O4S. The number of halogens is 1. The van der Waals surface area contributed by atoms with Crippen LogP contribution in [0.5, 0.6) is 0 Å². The molecule has 0 amide bonds. The number of anilines is 1. The SMILES string of the molecule is Cc1cccc(-c2nc(S(=O)(=O)c3ccc(Cl)cc3)c(NC[C@@H]3CCCO3)o2)c1. The van der Waals surface area contributed by atoms with E-state index < -0.39 is 9.84 Å². The van der Waals surface area contributed by atoms with E-state index in [0.717, 1.165) is 18.4 Å². The van der Waals surface area contributed by atoms with Crippen molar-refractivity contribution < 1.29 is 17.6 Å². The predicted molar refractivity (Wildman–Crippen MR) is 111 cm³/mol. The van der Waals surface area contributed by atoms with Crippen LogP contribution in [0.3, 0.4) is 0 Å². The fraction of sp³-hybridized carbons (Fsp3) is 0.286. The Balaban J connectivity index is 1.74. The molecule has 29 heavy (non-hydrogen) atoms. The molecule has 0 aliphatic carbocycles. The second-order valence-electron chi connectivity index (χ2n) is 7.00. The van der Waals surface area contributed by atoms with E-state index in [0.29, 0.717) is 23.7 Å². The van der Waals surface area contributed by atoms with Crippen molar-refractivity contribution in [1.82, 2.24) is 4.98 Å². The Hall–Kier alpha value is -2.35. The normalized spacial score (nSPS) is 16.8. The lowest BCUT2D eigenvalue weighted by atomic mass is 10.1. The van der Waals surface area contributed by atoms with E-state index >= 15 is 0 Å². The molecule has 0 saturated carbocycles. The summed E-state index contributed by atoms with van der Waals surface area (Å²) < 4.78 is 38.0. The summed E-state index contributed by atoms with van der Waals surface area (Å²) >= 11 is 5.91. The molecule has 0 bridgehead atoms. The molecule has 2 heterocycles. The summed E-state index contributed by atoms with van der Waals surface area (Å²) in [4.78, 5) is 4.45. The summed E-state index contributed by atoms with van der Waals surface area (Å²) in [6.07, 6.45) is 1.94. The zero-order valence-corrected chi connectivity index (χ0v) is 17.5. The maximum absolute atomic E-state index is 13.2. The van der Waals surface area contributed by atoms with Crippen molar-refractivity contribution in [3.05, 3.63) is 59.1 Å². The van der Waals surface area contributed by atoms with Crippen molar-refractivity contribution in [2.24, 2.45) is 0 Å². The number of aromatic nitrogens is 1. The van der Waals surface area contributed by atoms with Gasteiger partial charge in [-0.1, -0.05) is 29.3 Å². The third-order valence-corrected chi connectivity index (χ3v) is 6.68. The Morgan fingerprint density at radius 1 is 1.21 bits per heavy atom. The molecule has 1 atom stereocenters. The molecule has 1 saturated heterocycles. The van der Waals surface area contributed by atoms with Gasteiger partial charge in [0.2, 0.25) is 26.6 Å². The van der Waals surface area contributed by atoms with Gasteiger partial charge >= 0.3 is 0 Å². The topological polar surface area (TPSA) is 81.4 Å². The smallest absolute Gasteiger partial charge is 0.233 e. The van der Waals surface area contributed by atoms with Crippen LogP contribution in [-0.2, 0) is 14.6 Å². The lowest BCUT2D eigenvalue weighted by molar-refractivity contribution is 0.120. The van der Waals surface area contributed by atoms with E-state index in [9.17, 15) is 8.42 Å². The first-order valence-corrected chi connectivity index (χ1v) is 11.2. The fourth-order valence-corrected chi connectivity index (χ4v) is 4.64. The summed E-state index contributed by atoms with van der Waals surface area (Å²) in [7, 11) is -3.90. The standard InChI is InChI=1S/C21H21ClN2O4S/c1-14-4-2-5-15(12-14)19-24-21(20(28-19)23-13-17-6-3-11-27-17)29(25,26)18-9-7-16(22)8-10-18/h2,4-5,7-10,12,17,23H,3,6,11,13H2,1H3/t17-/m0/s1. The summed E-state index contributed by atoms with van der Waals surface area (Å²) in [6, 6.07) is 13.6. The van der Waals surface area contributed by atoms with Crippen molar-refractivity contribution in [1.29, 1.82) is 0 Å². The first-order valence-electron chi connectivity index (χ1n) is 9.37. The molecule has 1 N–H and O–H groups in total. The van der Waals surface area contributed by atoms with Crippen molar-refractivity contribution in [3.8, 4) is 11.5 Å². The molecule has 4 rings (SSSR count). The first kappa shape index (κ1) is 19.9. The van der Waals surface area contributed by atoms with Crippen molar-refractivity contribution in [2.45, 2.75) is 35.8 Å². The number of nitrogens with one attached hydrogen (secondary N) is 1. The largest absolute Gasteiger partial charge is 0.419 e. The molecule has 1 fully saturated rings. The van der Waals surface area contributed by atoms with Gasteiger partial charge in [0.05, 0.1) is 11.0 Å². The minimum atomic E-state index is -3.90. The van der Waals surface area contributed by atoms with E-state index in [-0.39, 0.29) is 27.8 Å². The molecule has 1 aromatic heterocycles. The zero-order chi connectivity index (χ0) is 20.4. The molecule has 6 nitrogen and oxygen atoms in total.